The highest BCUT2D eigenvalue weighted by molar-refractivity contribution is 5.76. The fourth-order valence-corrected chi connectivity index (χ4v) is 3.61. The molecule has 4 heterocycles. The lowest BCUT2D eigenvalue weighted by Gasteiger charge is -2.22. The summed E-state index contributed by atoms with van der Waals surface area (Å²) < 4.78 is 6.22. The van der Waals surface area contributed by atoms with Gasteiger partial charge in [-0.15, -0.1) is 0 Å². The van der Waals surface area contributed by atoms with Crippen molar-refractivity contribution in [3.63, 3.8) is 0 Å². The maximum atomic E-state index is 12.4. The molecule has 26 heavy (non-hydrogen) atoms. The van der Waals surface area contributed by atoms with E-state index in [1.165, 1.54) is 19.2 Å². The molecule has 8 nitrogen and oxygen atoms in total. The molecule has 0 saturated carbocycles. The van der Waals surface area contributed by atoms with Gasteiger partial charge in [0, 0.05) is 45.1 Å². The van der Waals surface area contributed by atoms with Crippen molar-refractivity contribution in [1.29, 1.82) is 0 Å². The van der Waals surface area contributed by atoms with Crippen LogP contribution in [0.15, 0.2) is 24.7 Å². The molecule has 2 aromatic rings. The number of amides is 1. The average molecular weight is 356 g/mol. The summed E-state index contributed by atoms with van der Waals surface area (Å²) in [5.74, 6) is 2.64. The molecule has 2 saturated heterocycles. The molecule has 2 aliphatic rings. The van der Waals surface area contributed by atoms with E-state index in [1.54, 1.807) is 0 Å². The van der Waals surface area contributed by atoms with Gasteiger partial charge in [-0.2, -0.15) is 5.10 Å². The van der Waals surface area contributed by atoms with Crippen molar-refractivity contribution >= 4 is 11.7 Å². The third-order valence-electron chi connectivity index (χ3n) is 4.99. The summed E-state index contributed by atoms with van der Waals surface area (Å²) in [6.07, 6.45) is 7.58. The number of aromatic amines is 1. The van der Waals surface area contributed by atoms with E-state index < -0.39 is 0 Å². The van der Waals surface area contributed by atoms with Crippen molar-refractivity contribution in [1.82, 2.24) is 25.1 Å². The molecule has 2 aromatic heterocycles. The van der Waals surface area contributed by atoms with Gasteiger partial charge < -0.3 is 14.5 Å². The van der Waals surface area contributed by atoms with Crippen LogP contribution in [-0.4, -0.2) is 63.3 Å². The van der Waals surface area contributed by atoms with Gasteiger partial charge in [0.15, 0.2) is 11.6 Å². The summed E-state index contributed by atoms with van der Waals surface area (Å²) in [6, 6.07) is 3.89. The molecule has 0 spiro atoms. The Balaban J connectivity index is 1.32. The van der Waals surface area contributed by atoms with Crippen LogP contribution in [0.3, 0.4) is 0 Å². The zero-order chi connectivity index (χ0) is 17.8. The second-order valence-electron chi connectivity index (χ2n) is 6.82. The van der Waals surface area contributed by atoms with E-state index in [-0.39, 0.29) is 12.0 Å². The van der Waals surface area contributed by atoms with Crippen LogP contribution in [-0.2, 0) is 11.2 Å². The van der Waals surface area contributed by atoms with Crippen molar-refractivity contribution in [2.45, 2.75) is 38.2 Å². The number of rotatable bonds is 6. The Labute approximate surface area is 152 Å². The zero-order valence-corrected chi connectivity index (χ0v) is 14.8. The number of nitrogens with one attached hydrogen (secondary N) is 1. The third-order valence-corrected chi connectivity index (χ3v) is 4.99. The maximum absolute atomic E-state index is 12.4. The molecule has 0 unspecified atom stereocenters. The van der Waals surface area contributed by atoms with Crippen LogP contribution < -0.4 is 9.64 Å². The van der Waals surface area contributed by atoms with Crippen molar-refractivity contribution in [2.24, 2.45) is 0 Å². The lowest BCUT2D eigenvalue weighted by atomic mass is 10.2. The number of aromatic nitrogens is 4. The standard InChI is InChI=1S/C18H24N6O2/c25-17(6-5-16-20-13-21-22-16)24-11-7-14(12-24)26-15-4-3-8-19-18(15)23-9-1-2-10-23/h3-4,8,13-14H,1-2,5-7,9-12H2,(H,20,21,22)/t14-/m0/s1. The van der Waals surface area contributed by atoms with Gasteiger partial charge in [0.05, 0.1) is 6.54 Å². The zero-order valence-electron chi connectivity index (χ0n) is 14.8. The van der Waals surface area contributed by atoms with Crippen LogP contribution in [0.4, 0.5) is 5.82 Å². The van der Waals surface area contributed by atoms with E-state index in [9.17, 15) is 4.79 Å². The van der Waals surface area contributed by atoms with E-state index in [4.69, 9.17) is 4.74 Å². The lowest BCUT2D eigenvalue weighted by Crippen LogP contribution is -2.31. The topological polar surface area (TPSA) is 87.2 Å². The van der Waals surface area contributed by atoms with Gasteiger partial charge >= 0.3 is 0 Å². The molecular weight excluding hydrogens is 332 g/mol. The lowest BCUT2D eigenvalue weighted by molar-refractivity contribution is -0.130. The number of carbonyl (C=O) groups excluding carboxylic acids is 1. The minimum Gasteiger partial charge on any atom is -0.485 e. The number of H-pyrrole nitrogens is 1. The van der Waals surface area contributed by atoms with Gasteiger partial charge in [-0.3, -0.25) is 9.89 Å². The normalized spacial score (nSPS) is 19.9. The molecule has 0 bridgehead atoms. The number of carbonyl (C=O) groups is 1. The Morgan fingerprint density at radius 2 is 2.15 bits per heavy atom. The van der Waals surface area contributed by atoms with Crippen LogP contribution in [0.5, 0.6) is 5.75 Å². The quantitative estimate of drug-likeness (QED) is 0.842. The van der Waals surface area contributed by atoms with Crippen LogP contribution in [0, 0.1) is 0 Å². The van der Waals surface area contributed by atoms with E-state index in [2.05, 4.69) is 25.1 Å². The molecule has 0 aliphatic carbocycles. The van der Waals surface area contributed by atoms with Crippen molar-refractivity contribution in [3.05, 3.63) is 30.5 Å². The number of aryl methyl sites for hydroxylation is 1. The number of hydrogen-bond donors (Lipinski definition) is 1. The Bertz CT molecular complexity index is 729. The summed E-state index contributed by atoms with van der Waals surface area (Å²) in [6.45, 7) is 3.43. The molecule has 0 aromatic carbocycles. The van der Waals surface area contributed by atoms with Crippen LogP contribution in [0.2, 0.25) is 0 Å². The number of anilines is 1. The number of pyridine rings is 1. The molecule has 0 radical (unpaired) electrons. The Kier molecular flexibility index (Phi) is 4.99. The first kappa shape index (κ1) is 16.8. The van der Waals surface area contributed by atoms with Gasteiger partial charge in [-0.25, -0.2) is 9.97 Å². The Hall–Kier alpha value is -2.64. The number of hydrogen-bond acceptors (Lipinski definition) is 6. The summed E-state index contributed by atoms with van der Waals surface area (Å²) in [5, 5.41) is 6.60. The molecule has 1 N–H and O–H groups in total. The average Bonchev–Trinajstić information content (AvgIpc) is 3.42. The van der Waals surface area contributed by atoms with E-state index in [0.29, 0.717) is 19.4 Å². The minimum atomic E-state index is 0.0229. The Morgan fingerprint density at radius 3 is 2.96 bits per heavy atom. The molecule has 1 amide bonds. The molecule has 1 atom stereocenters. The van der Waals surface area contributed by atoms with Crippen LogP contribution in [0.1, 0.15) is 31.5 Å². The molecular formula is C18H24N6O2. The highest BCUT2D eigenvalue weighted by atomic mass is 16.5. The highest BCUT2D eigenvalue weighted by Crippen LogP contribution is 2.30. The monoisotopic (exact) mass is 356 g/mol. The first-order chi connectivity index (χ1) is 12.8. The summed E-state index contributed by atoms with van der Waals surface area (Å²) >= 11 is 0. The third kappa shape index (κ3) is 3.79. The van der Waals surface area contributed by atoms with Crippen LogP contribution >= 0.6 is 0 Å². The highest BCUT2D eigenvalue weighted by Gasteiger charge is 2.29. The molecule has 138 valence electrons. The van der Waals surface area contributed by atoms with Crippen molar-refractivity contribution in [2.75, 3.05) is 31.1 Å². The van der Waals surface area contributed by atoms with Gasteiger partial charge in [0.1, 0.15) is 18.3 Å². The van der Waals surface area contributed by atoms with E-state index >= 15 is 0 Å². The van der Waals surface area contributed by atoms with Crippen molar-refractivity contribution < 1.29 is 9.53 Å². The SMILES string of the molecule is O=C(CCc1ncn[nH]1)N1CC[C@H](Oc2cccnc2N2CCCC2)C1. The second-order valence-corrected chi connectivity index (χ2v) is 6.82. The van der Waals surface area contributed by atoms with E-state index in [0.717, 1.165) is 43.4 Å². The number of likely N-dealkylation sites (tertiary alicyclic amines) is 1. The first-order valence-electron chi connectivity index (χ1n) is 9.28. The molecule has 8 heteroatoms. The summed E-state index contributed by atoms with van der Waals surface area (Å²) in [5.41, 5.74) is 0. The largest absolute Gasteiger partial charge is 0.485 e. The number of ether oxygens (including phenoxy) is 1. The molecule has 2 aliphatic heterocycles. The van der Waals surface area contributed by atoms with Gasteiger partial charge in [0.2, 0.25) is 5.91 Å². The van der Waals surface area contributed by atoms with Gasteiger partial charge in [-0.05, 0) is 25.0 Å². The van der Waals surface area contributed by atoms with Gasteiger partial charge in [0.25, 0.3) is 0 Å². The minimum absolute atomic E-state index is 0.0229. The fourth-order valence-electron chi connectivity index (χ4n) is 3.61. The van der Waals surface area contributed by atoms with Crippen molar-refractivity contribution in [3.8, 4) is 5.75 Å². The fraction of sp³-hybridized carbons (Fsp3) is 0.556. The number of nitrogens with zero attached hydrogens (tertiary/aromatic N) is 5. The van der Waals surface area contributed by atoms with E-state index in [1.807, 2.05) is 23.2 Å². The first-order valence-corrected chi connectivity index (χ1v) is 9.28. The summed E-state index contributed by atoms with van der Waals surface area (Å²) in [4.78, 5) is 25.1. The molecule has 2 fully saturated rings. The maximum Gasteiger partial charge on any atom is 0.223 e. The second kappa shape index (κ2) is 7.72. The smallest absolute Gasteiger partial charge is 0.223 e. The molecule has 4 rings (SSSR count). The summed E-state index contributed by atoms with van der Waals surface area (Å²) in [7, 11) is 0. The predicted octanol–water partition coefficient (Wildman–Crippen LogP) is 1.41. The Morgan fingerprint density at radius 1 is 1.27 bits per heavy atom. The van der Waals surface area contributed by atoms with Crippen LogP contribution in [0.25, 0.3) is 0 Å². The predicted molar refractivity (Wildman–Crippen MR) is 96.0 cm³/mol. The van der Waals surface area contributed by atoms with Gasteiger partial charge in [-0.1, -0.05) is 0 Å².